The molecule has 4 rings (SSSR count). The van der Waals surface area contributed by atoms with E-state index in [1.54, 1.807) is 6.07 Å². The summed E-state index contributed by atoms with van der Waals surface area (Å²) in [6, 6.07) is 14.0. The van der Waals surface area contributed by atoms with Crippen molar-refractivity contribution in [2.75, 3.05) is 24.2 Å². The van der Waals surface area contributed by atoms with Crippen LogP contribution in [0, 0.1) is 5.92 Å². The van der Waals surface area contributed by atoms with Gasteiger partial charge in [0.25, 0.3) is 6.01 Å². The van der Waals surface area contributed by atoms with Gasteiger partial charge in [-0.3, -0.25) is 9.52 Å². The molecular formula is C26H31N3O5S. The number of hydrogen-bond donors (Lipinski definition) is 3. The third-order valence-corrected chi connectivity index (χ3v) is 6.84. The minimum Gasteiger partial charge on any atom is -0.493 e. The first-order valence-electron chi connectivity index (χ1n) is 12.0. The highest BCUT2D eigenvalue weighted by Crippen LogP contribution is 2.24. The van der Waals surface area contributed by atoms with Gasteiger partial charge in [-0.1, -0.05) is 55.5 Å². The summed E-state index contributed by atoms with van der Waals surface area (Å²) >= 11 is 1.50. The zero-order chi connectivity index (χ0) is 24.5. The molecule has 186 valence electrons. The molecule has 1 aromatic heterocycles. The van der Waals surface area contributed by atoms with Gasteiger partial charge in [0.1, 0.15) is 17.3 Å². The maximum absolute atomic E-state index is 12.2. The lowest BCUT2D eigenvalue weighted by molar-refractivity contribution is -0.138. The van der Waals surface area contributed by atoms with E-state index in [0.717, 1.165) is 24.2 Å². The van der Waals surface area contributed by atoms with Gasteiger partial charge in [0.05, 0.1) is 13.2 Å². The quantitative estimate of drug-likeness (QED) is 0.228. The van der Waals surface area contributed by atoms with E-state index in [1.807, 2.05) is 42.5 Å². The number of ketones is 1. The molecule has 1 atom stereocenters. The number of carboxylic acid groups (broad SMARTS) is 1. The Morgan fingerprint density at radius 1 is 1.11 bits per heavy atom. The van der Waals surface area contributed by atoms with Gasteiger partial charge in [-0.05, 0) is 42.7 Å². The maximum atomic E-state index is 12.2. The molecule has 0 radical (unpaired) electrons. The highest BCUT2D eigenvalue weighted by molar-refractivity contribution is 7.97. The van der Waals surface area contributed by atoms with Gasteiger partial charge in [0, 0.05) is 18.1 Å². The fourth-order valence-corrected chi connectivity index (χ4v) is 4.76. The number of rotatable bonds is 13. The van der Waals surface area contributed by atoms with Crippen LogP contribution in [-0.4, -0.2) is 46.8 Å². The van der Waals surface area contributed by atoms with Gasteiger partial charge in [-0.25, -0.2) is 4.79 Å². The molecule has 2 aromatic carbocycles. The number of nitrogens with one attached hydrogen (secondary N) is 2. The van der Waals surface area contributed by atoms with Gasteiger partial charge in [-0.2, -0.15) is 4.98 Å². The predicted molar refractivity (Wildman–Crippen MR) is 137 cm³/mol. The first-order valence-corrected chi connectivity index (χ1v) is 13.0. The fraction of sp³-hybridized carbons (Fsp3) is 0.423. The minimum atomic E-state index is -0.987. The Hall–Kier alpha value is -3.04. The van der Waals surface area contributed by atoms with E-state index >= 15 is 0 Å². The van der Waals surface area contributed by atoms with Gasteiger partial charge >= 0.3 is 5.97 Å². The van der Waals surface area contributed by atoms with Crippen LogP contribution < -0.4 is 14.8 Å². The van der Waals surface area contributed by atoms with Crippen molar-refractivity contribution in [2.24, 2.45) is 5.92 Å². The topological polar surface area (TPSA) is 114 Å². The molecule has 0 spiro atoms. The van der Waals surface area contributed by atoms with Gasteiger partial charge in [-0.15, -0.1) is 0 Å². The van der Waals surface area contributed by atoms with Crippen molar-refractivity contribution in [1.82, 2.24) is 9.71 Å². The monoisotopic (exact) mass is 497 g/mol. The van der Waals surface area contributed by atoms with Crippen LogP contribution in [0.3, 0.4) is 0 Å². The normalized spacial score (nSPS) is 15.1. The van der Waals surface area contributed by atoms with Crippen molar-refractivity contribution in [3.8, 4) is 5.75 Å². The number of carboxylic acids is 1. The third-order valence-electron chi connectivity index (χ3n) is 6.12. The molecule has 9 heteroatoms. The van der Waals surface area contributed by atoms with Gasteiger partial charge in [0.2, 0.25) is 0 Å². The Bertz CT molecular complexity index is 1080. The molecular weight excluding hydrogens is 466 g/mol. The van der Waals surface area contributed by atoms with Crippen molar-refractivity contribution in [1.29, 1.82) is 0 Å². The number of fused-ring (bicyclic) bond motifs is 1. The summed E-state index contributed by atoms with van der Waals surface area (Å²) in [6.07, 6.45) is 5.92. The average Bonchev–Trinajstić information content (AvgIpc) is 3.29. The molecule has 3 N–H and O–H groups in total. The van der Waals surface area contributed by atoms with Crippen molar-refractivity contribution in [3.05, 3.63) is 54.1 Å². The first-order chi connectivity index (χ1) is 17.1. The minimum absolute atomic E-state index is 0.185. The lowest BCUT2D eigenvalue weighted by Gasteiger charge is -2.20. The predicted octanol–water partition coefficient (Wildman–Crippen LogP) is 4.70. The number of aromatic nitrogens is 1. The number of benzene rings is 2. The summed E-state index contributed by atoms with van der Waals surface area (Å²) in [4.78, 5) is 28.2. The number of carbonyl (C=O) groups is 2. The second kappa shape index (κ2) is 12.6. The van der Waals surface area contributed by atoms with Crippen LogP contribution >= 0.6 is 11.9 Å². The zero-order valence-corrected chi connectivity index (χ0v) is 20.4. The summed E-state index contributed by atoms with van der Waals surface area (Å²) in [5.41, 5.74) is 2.13. The molecule has 35 heavy (non-hydrogen) atoms. The Kier molecular flexibility index (Phi) is 9.02. The number of aliphatic carboxylic acids is 1. The number of nitrogens with zero attached hydrogens (tertiary/aromatic N) is 1. The SMILES string of the molecule is O=C(CNSCCOc1ccc(C[C@H](Nc2nc3ccccc3o2)C(=O)O)cc1)C1CCCCC1. The molecule has 3 aromatic rings. The maximum Gasteiger partial charge on any atom is 0.326 e. The third kappa shape index (κ3) is 7.47. The Morgan fingerprint density at radius 2 is 1.89 bits per heavy atom. The van der Waals surface area contributed by atoms with Crippen LogP contribution in [0.1, 0.15) is 37.7 Å². The largest absolute Gasteiger partial charge is 0.493 e. The summed E-state index contributed by atoms with van der Waals surface area (Å²) in [6.45, 7) is 0.915. The van der Waals surface area contributed by atoms with Crippen molar-refractivity contribution in [3.63, 3.8) is 0 Å². The summed E-state index contributed by atoms with van der Waals surface area (Å²) < 4.78 is 14.5. The van der Waals surface area contributed by atoms with E-state index in [9.17, 15) is 14.7 Å². The Morgan fingerprint density at radius 3 is 2.63 bits per heavy atom. The summed E-state index contributed by atoms with van der Waals surface area (Å²) in [7, 11) is 0. The highest BCUT2D eigenvalue weighted by atomic mass is 32.2. The smallest absolute Gasteiger partial charge is 0.326 e. The number of ether oxygens (including phenoxy) is 1. The van der Waals surface area contributed by atoms with E-state index in [4.69, 9.17) is 9.15 Å². The number of anilines is 1. The molecule has 0 saturated heterocycles. The lowest BCUT2D eigenvalue weighted by atomic mass is 9.86. The first kappa shape index (κ1) is 25.1. The van der Waals surface area contributed by atoms with E-state index < -0.39 is 12.0 Å². The number of carbonyl (C=O) groups excluding carboxylic acids is 1. The molecule has 1 heterocycles. The van der Waals surface area contributed by atoms with Crippen LogP contribution in [0.25, 0.3) is 11.1 Å². The van der Waals surface area contributed by atoms with E-state index in [2.05, 4.69) is 15.0 Å². The summed E-state index contributed by atoms with van der Waals surface area (Å²) in [5, 5.41) is 12.5. The average molecular weight is 498 g/mol. The molecule has 0 aliphatic heterocycles. The van der Waals surface area contributed by atoms with Crippen LogP contribution in [0.15, 0.2) is 52.9 Å². The van der Waals surface area contributed by atoms with Crippen molar-refractivity contribution in [2.45, 2.75) is 44.6 Å². The molecule has 1 saturated carbocycles. The molecule has 0 bridgehead atoms. The summed E-state index contributed by atoms with van der Waals surface area (Å²) in [5.74, 6) is 0.997. The van der Waals surface area contributed by atoms with Crippen LogP contribution in [-0.2, 0) is 16.0 Å². The second-order valence-corrected chi connectivity index (χ2v) is 9.67. The Labute approximate surface area is 209 Å². The number of Topliss-reactive ketones (excluding diaryl/α,β-unsaturated/α-hetero) is 1. The van der Waals surface area contributed by atoms with Gasteiger partial charge in [0.15, 0.2) is 11.4 Å². The second-order valence-electron chi connectivity index (χ2n) is 8.69. The molecule has 1 aliphatic rings. The number of oxazole rings is 1. The zero-order valence-electron chi connectivity index (χ0n) is 19.6. The van der Waals surface area contributed by atoms with Crippen molar-refractivity contribution >= 4 is 40.8 Å². The van der Waals surface area contributed by atoms with Crippen LogP contribution in [0.2, 0.25) is 0 Å². The molecule has 0 amide bonds. The Balaban J connectivity index is 1.17. The molecule has 1 aliphatic carbocycles. The molecule has 0 unspecified atom stereocenters. The van der Waals surface area contributed by atoms with E-state index in [-0.39, 0.29) is 18.4 Å². The molecule has 8 nitrogen and oxygen atoms in total. The van der Waals surface area contributed by atoms with Gasteiger partial charge < -0.3 is 19.6 Å². The molecule has 1 fully saturated rings. The highest BCUT2D eigenvalue weighted by Gasteiger charge is 2.21. The number of hydrogen-bond acceptors (Lipinski definition) is 8. The van der Waals surface area contributed by atoms with E-state index in [0.29, 0.717) is 35.8 Å². The standard InChI is InChI=1S/C26H31N3O5S/c30-23(19-6-2-1-3-7-19)17-27-35-15-14-33-20-12-10-18(11-13-20)16-22(25(31)32)29-26-28-21-8-4-5-9-24(21)34-26/h4-5,8-13,19,22,27H,1-3,6-7,14-17H2,(H,28,29)(H,31,32)/t22-/m0/s1. The fourth-order valence-electron chi connectivity index (χ4n) is 4.20. The number of para-hydroxylation sites is 2. The van der Waals surface area contributed by atoms with Crippen molar-refractivity contribution < 1.29 is 23.8 Å². The lowest BCUT2D eigenvalue weighted by Crippen LogP contribution is -2.31. The van der Waals surface area contributed by atoms with E-state index in [1.165, 1.54) is 31.2 Å². The van der Waals surface area contributed by atoms with Crippen LogP contribution in [0.5, 0.6) is 5.75 Å². The van der Waals surface area contributed by atoms with Crippen LogP contribution in [0.4, 0.5) is 6.01 Å².